The van der Waals surface area contributed by atoms with Crippen LogP contribution in [0.5, 0.6) is 0 Å². The molecule has 4 rings (SSSR count). The lowest BCUT2D eigenvalue weighted by Crippen LogP contribution is -2.28. The summed E-state index contributed by atoms with van der Waals surface area (Å²) >= 11 is 1.63. The number of aromatic nitrogens is 4. The van der Waals surface area contributed by atoms with E-state index in [0.29, 0.717) is 5.56 Å². The summed E-state index contributed by atoms with van der Waals surface area (Å²) in [6, 6.07) is 13.9. The van der Waals surface area contributed by atoms with E-state index in [1.165, 1.54) is 0 Å². The van der Waals surface area contributed by atoms with Crippen LogP contribution in [-0.2, 0) is 14.1 Å². The Hall–Kier alpha value is -2.80. The first-order chi connectivity index (χ1) is 13.5. The van der Waals surface area contributed by atoms with E-state index >= 15 is 0 Å². The van der Waals surface area contributed by atoms with Crippen LogP contribution in [-0.4, -0.2) is 31.0 Å². The first kappa shape index (κ1) is 18.6. The van der Waals surface area contributed by atoms with Crippen molar-refractivity contribution in [3.05, 3.63) is 53.9 Å². The number of thioether (sulfide) groups is 1. The van der Waals surface area contributed by atoms with E-state index in [4.69, 9.17) is 0 Å². The molecule has 2 heterocycles. The second kappa shape index (κ2) is 7.31. The monoisotopic (exact) mass is 393 g/mol. The van der Waals surface area contributed by atoms with Gasteiger partial charge in [0.1, 0.15) is 0 Å². The highest BCUT2D eigenvalue weighted by Crippen LogP contribution is 2.29. The maximum Gasteiger partial charge on any atom is 0.251 e. The van der Waals surface area contributed by atoms with Gasteiger partial charge in [-0.05, 0) is 36.9 Å². The Bertz CT molecular complexity index is 1180. The van der Waals surface area contributed by atoms with Crippen LogP contribution in [0.4, 0.5) is 0 Å². The Morgan fingerprint density at radius 1 is 1.07 bits per heavy atom. The number of hydrogen-bond donors (Lipinski definition) is 1. The summed E-state index contributed by atoms with van der Waals surface area (Å²) in [6.45, 7) is 4.01. The van der Waals surface area contributed by atoms with Gasteiger partial charge in [0.05, 0.1) is 6.04 Å². The maximum atomic E-state index is 12.9. The largest absolute Gasteiger partial charge is 0.344 e. The molecule has 0 fully saturated rings. The molecule has 0 radical (unpaired) electrons. The molecule has 7 heteroatoms. The van der Waals surface area contributed by atoms with E-state index in [1.807, 2.05) is 55.9 Å². The number of nitrogens with one attached hydrogen (secondary N) is 1. The smallest absolute Gasteiger partial charge is 0.251 e. The molecule has 144 valence electrons. The summed E-state index contributed by atoms with van der Waals surface area (Å²) < 4.78 is 4.09. The first-order valence-corrected chi connectivity index (χ1v) is 10.3. The third-order valence-corrected chi connectivity index (χ3v) is 5.95. The predicted molar refractivity (Wildman–Crippen MR) is 114 cm³/mol. The highest BCUT2D eigenvalue weighted by atomic mass is 32.2. The van der Waals surface area contributed by atoms with Crippen LogP contribution < -0.4 is 5.32 Å². The number of aryl methyl sites for hydroxylation is 1. The molecule has 0 aliphatic heterocycles. The van der Waals surface area contributed by atoms with Crippen molar-refractivity contribution in [3.8, 4) is 0 Å². The van der Waals surface area contributed by atoms with Crippen molar-refractivity contribution >= 4 is 39.5 Å². The van der Waals surface area contributed by atoms with E-state index in [1.54, 1.807) is 11.8 Å². The fourth-order valence-electron chi connectivity index (χ4n) is 3.61. The Kier molecular flexibility index (Phi) is 4.85. The Morgan fingerprint density at radius 3 is 2.61 bits per heavy atom. The Morgan fingerprint density at radius 2 is 1.82 bits per heavy atom. The van der Waals surface area contributed by atoms with Gasteiger partial charge in [0.15, 0.2) is 11.0 Å². The number of nitrogens with zero attached hydrogens (tertiary/aromatic N) is 4. The highest BCUT2D eigenvalue weighted by molar-refractivity contribution is 7.99. The minimum atomic E-state index is -0.237. The predicted octanol–water partition coefficient (Wildman–Crippen LogP) is 4.06. The Balaban J connectivity index is 1.63. The van der Waals surface area contributed by atoms with Gasteiger partial charge in [0.2, 0.25) is 0 Å². The van der Waals surface area contributed by atoms with Gasteiger partial charge < -0.3 is 14.5 Å². The number of fused-ring (bicyclic) bond motifs is 3. The molecule has 6 nitrogen and oxygen atoms in total. The molecule has 0 aliphatic rings. The van der Waals surface area contributed by atoms with E-state index in [2.05, 4.69) is 39.1 Å². The average Bonchev–Trinajstić information content (AvgIpc) is 3.20. The minimum Gasteiger partial charge on any atom is -0.344 e. The lowest BCUT2D eigenvalue weighted by molar-refractivity contribution is 0.0938. The van der Waals surface area contributed by atoms with Gasteiger partial charge >= 0.3 is 0 Å². The van der Waals surface area contributed by atoms with Crippen LogP contribution in [0, 0.1) is 0 Å². The molecular weight excluding hydrogens is 370 g/mol. The van der Waals surface area contributed by atoms with Gasteiger partial charge in [-0.15, -0.1) is 10.2 Å². The molecule has 1 atom stereocenters. The van der Waals surface area contributed by atoms with Gasteiger partial charge in [-0.1, -0.05) is 36.9 Å². The third kappa shape index (κ3) is 3.05. The van der Waals surface area contributed by atoms with Crippen molar-refractivity contribution < 1.29 is 4.79 Å². The number of amides is 1. The summed E-state index contributed by atoms with van der Waals surface area (Å²) in [7, 11) is 3.98. The summed E-state index contributed by atoms with van der Waals surface area (Å²) in [5, 5.41) is 14.6. The standard InChI is InChI=1S/C21H23N5OS/c1-5-28-21-24-23-19(26(21)4)13(2)22-20(27)14-10-11-18-16(12-14)15-8-6-7-9-17(15)25(18)3/h6-13H,5H2,1-4H3,(H,22,27)/t13-/m0/s1. The average molecular weight is 394 g/mol. The van der Waals surface area contributed by atoms with E-state index in [0.717, 1.165) is 38.5 Å². The molecule has 1 N–H and O–H groups in total. The van der Waals surface area contributed by atoms with Crippen LogP contribution in [0.1, 0.15) is 36.1 Å². The number of carbonyl (C=O) groups is 1. The zero-order valence-electron chi connectivity index (χ0n) is 16.4. The zero-order chi connectivity index (χ0) is 19.8. The van der Waals surface area contributed by atoms with Gasteiger partial charge in [-0.2, -0.15) is 0 Å². The van der Waals surface area contributed by atoms with Crippen molar-refractivity contribution in [2.75, 3.05) is 5.75 Å². The SMILES string of the molecule is CCSc1nnc([C@H](C)NC(=O)c2ccc3c(c2)c2ccccc2n3C)n1C. The van der Waals surface area contributed by atoms with Gasteiger partial charge in [0.25, 0.3) is 5.91 Å². The quantitative estimate of drug-likeness (QED) is 0.519. The third-order valence-electron chi connectivity index (χ3n) is 5.05. The summed E-state index contributed by atoms with van der Waals surface area (Å²) in [4.78, 5) is 12.9. The summed E-state index contributed by atoms with van der Waals surface area (Å²) in [6.07, 6.45) is 0. The first-order valence-electron chi connectivity index (χ1n) is 9.31. The van der Waals surface area contributed by atoms with Crippen LogP contribution in [0.25, 0.3) is 21.8 Å². The molecule has 0 unspecified atom stereocenters. The van der Waals surface area contributed by atoms with Crippen LogP contribution in [0.3, 0.4) is 0 Å². The molecule has 4 aromatic rings. The molecule has 1 amide bonds. The number of benzene rings is 2. The molecule has 0 saturated carbocycles. The topological polar surface area (TPSA) is 64.7 Å². The van der Waals surface area contributed by atoms with E-state index < -0.39 is 0 Å². The number of para-hydroxylation sites is 1. The summed E-state index contributed by atoms with van der Waals surface area (Å²) in [5.41, 5.74) is 2.91. The number of carbonyl (C=O) groups excluding carboxylic acids is 1. The normalized spacial score (nSPS) is 12.6. The molecule has 2 aromatic carbocycles. The molecular formula is C21H23N5OS. The molecule has 0 bridgehead atoms. The van der Waals surface area contributed by atoms with Crippen molar-refractivity contribution in [2.24, 2.45) is 14.1 Å². The lowest BCUT2D eigenvalue weighted by atomic mass is 10.1. The van der Waals surface area contributed by atoms with Gasteiger partial charge in [-0.3, -0.25) is 4.79 Å². The van der Waals surface area contributed by atoms with E-state index in [9.17, 15) is 4.79 Å². The van der Waals surface area contributed by atoms with Crippen LogP contribution >= 0.6 is 11.8 Å². The fraction of sp³-hybridized carbons (Fsp3) is 0.286. The molecule has 0 spiro atoms. The highest BCUT2D eigenvalue weighted by Gasteiger charge is 2.19. The van der Waals surface area contributed by atoms with E-state index in [-0.39, 0.29) is 11.9 Å². The van der Waals surface area contributed by atoms with Crippen LogP contribution in [0.15, 0.2) is 47.6 Å². The number of rotatable bonds is 5. The van der Waals surface area contributed by atoms with Gasteiger partial charge in [0, 0.05) is 41.5 Å². The molecule has 0 aliphatic carbocycles. The van der Waals surface area contributed by atoms with Gasteiger partial charge in [-0.25, -0.2) is 0 Å². The van der Waals surface area contributed by atoms with Crippen molar-refractivity contribution in [3.63, 3.8) is 0 Å². The molecule has 28 heavy (non-hydrogen) atoms. The summed E-state index contributed by atoms with van der Waals surface area (Å²) in [5.74, 6) is 1.56. The lowest BCUT2D eigenvalue weighted by Gasteiger charge is -2.13. The second-order valence-electron chi connectivity index (χ2n) is 6.84. The van der Waals surface area contributed by atoms with Crippen LogP contribution in [0.2, 0.25) is 0 Å². The maximum absolute atomic E-state index is 12.9. The van der Waals surface area contributed by atoms with Crippen molar-refractivity contribution in [1.29, 1.82) is 0 Å². The Labute approximate surface area is 167 Å². The minimum absolute atomic E-state index is 0.116. The zero-order valence-corrected chi connectivity index (χ0v) is 17.2. The molecule has 0 saturated heterocycles. The van der Waals surface area contributed by atoms with Crippen molar-refractivity contribution in [2.45, 2.75) is 25.0 Å². The fourth-order valence-corrected chi connectivity index (χ4v) is 4.26. The van der Waals surface area contributed by atoms with Crippen molar-refractivity contribution in [1.82, 2.24) is 24.6 Å². The molecule has 2 aromatic heterocycles. The second-order valence-corrected chi connectivity index (χ2v) is 8.07. The number of hydrogen-bond acceptors (Lipinski definition) is 4.